The van der Waals surface area contributed by atoms with E-state index in [9.17, 15) is 14.4 Å². The van der Waals surface area contributed by atoms with Crippen LogP contribution in [0.4, 0.5) is 0 Å². The van der Waals surface area contributed by atoms with E-state index in [2.05, 4.69) is 74.6 Å². The van der Waals surface area contributed by atoms with Crippen LogP contribution in [0.5, 0.6) is 0 Å². The van der Waals surface area contributed by atoms with E-state index in [0.717, 1.165) is 64.2 Å². The lowest BCUT2D eigenvalue weighted by Gasteiger charge is -2.18. The quantitative estimate of drug-likeness (QED) is 0.0273. The van der Waals surface area contributed by atoms with Gasteiger partial charge in [-0.1, -0.05) is 158 Å². The fraction of sp³-hybridized carbons (Fsp3) is 0.681. The van der Waals surface area contributed by atoms with E-state index in [1.165, 1.54) is 77.0 Å². The second-order valence-corrected chi connectivity index (χ2v) is 13.9. The SMILES string of the molecule is CC/C=C\CC(=O)OC(COC(=O)CCC/C=C\C/C=C\C/C=C\C/C=C\CCCCC)COC(=O)CCCCCCC/C=C\CCCCCCCC. The Labute approximate surface area is 325 Å². The minimum absolute atomic E-state index is 0.121. The lowest BCUT2D eigenvalue weighted by atomic mass is 10.1. The van der Waals surface area contributed by atoms with Crippen molar-refractivity contribution in [3.05, 3.63) is 72.9 Å². The van der Waals surface area contributed by atoms with Crippen molar-refractivity contribution in [2.75, 3.05) is 13.2 Å². The van der Waals surface area contributed by atoms with E-state index in [1.54, 1.807) is 6.08 Å². The smallest absolute Gasteiger partial charge is 0.310 e. The summed E-state index contributed by atoms with van der Waals surface area (Å²) in [6, 6.07) is 0. The zero-order valence-corrected chi connectivity index (χ0v) is 34.3. The van der Waals surface area contributed by atoms with Crippen molar-refractivity contribution in [1.82, 2.24) is 0 Å². The van der Waals surface area contributed by atoms with E-state index in [0.29, 0.717) is 12.8 Å². The molecule has 0 aliphatic carbocycles. The third-order valence-electron chi connectivity index (χ3n) is 8.70. The van der Waals surface area contributed by atoms with Crippen molar-refractivity contribution in [3.63, 3.8) is 0 Å². The van der Waals surface area contributed by atoms with Gasteiger partial charge in [-0.3, -0.25) is 14.4 Å². The number of allylic oxidation sites excluding steroid dienone is 11. The largest absolute Gasteiger partial charge is 0.462 e. The highest BCUT2D eigenvalue weighted by Gasteiger charge is 2.19. The fourth-order valence-electron chi connectivity index (χ4n) is 5.48. The Hall–Kier alpha value is -3.15. The molecular weight excluding hydrogens is 661 g/mol. The third-order valence-corrected chi connectivity index (χ3v) is 8.70. The Balaban J connectivity index is 4.20. The molecule has 0 rings (SSSR count). The summed E-state index contributed by atoms with van der Waals surface area (Å²) in [6.07, 6.45) is 51.3. The van der Waals surface area contributed by atoms with Gasteiger partial charge in [0.1, 0.15) is 13.2 Å². The van der Waals surface area contributed by atoms with Gasteiger partial charge in [0.2, 0.25) is 0 Å². The number of carbonyl (C=O) groups is 3. The predicted octanol–water partition coefficient (Wildman–Crippen LogP) is 13.5. The van der Waals surface area contributed by atoms with Gasteiger partial charge in [-0.15, -0.1) is 0 Å². The molecule has 0 aliphatic heterocycles. The monoisotopic (exact) mass is 739 g/mol. The molecule has 0 heterocycles. The molecule has 0 saturated carbocycles. The highest BCUT2D eigenvalue weighted by molar-refractivity contribution is 5.72. The number of carbonyl (C=O) groups excluding carboxylic acids is 3. The van der Waals surface area contributed by atoms with E-state index in [-0.39, 0.29) is 38.0 Å². The van der Waals surface area contributed by atoms with Crippen molar-refractivity contribution >= 4 is 17.9 Å². The van der Waals surface area contributed by atoms with Crippen LogP contribution in [-0.2, 0) is 28.6 Å². The number of esters is 3. The average molecular weight is 739 g/mol. The van der Waals surface area contributed by atoms with Crippen LogP contribution in [0.3, 0.4) is 0 Å². The van der Waals surface area contributed by atoms with Crippen molar-refractivity contribution < 1.29 is 28.6 Å². The third kappa shape index (κ3) is 39.9. The molecule has 0 radical (unpaired) electrons. The van der Waals surface area contributed by atoms with Crippen molar-refractivity contribution in [3.8, 4) is 0 Å². The summed E-state index contributed by atoms with van der Waals surface area (Å²) in [4.78, 5) is 37.1. The second kappa shape index (κ2) is 41.6. The summed E-state index contributed by atoms with van der Waals surface area (Å²) in [5.74, 6) is -1.11. The molecule has 0 N–H and O–H groups in total. The van der Waals surface area contributed by atoms with Gasteiger partial charge in [0, 0.05) is 12.8 Å². The van der Waals surface area contributed by atoms with E-state index in [4.69, 9.17) is 14.2 Å². The Morgan fingerprint density at radius 1 is 0.415 bits per heavy atom. The molecule has 0 spiro atoms. The molecular formula is C47H78O6. The maximum atomic E-state index is 12.4. The minimum Gasteiger partial charge on any atom is -0.462 e. The van der Waals surface area contributed by atoms with Gasteiger partial charge in [-0.2, -0.15) is 0 Å². The van der Waals surface area contributed by atoms with Crippen LogP contribution in [-0.4, -0.2) is 37.2 Å². The molecule has 0 aromatic rings. The molecule has 0 amide bonds. The van der Waals surface area contributed by atoms with Gasteiger partial charge >= 0.3 is 17.9 Å². The molecule has 0 bridgehead atoms. The zero-order valence-electron chi connectivity index (χ0n) is 34.3. The molecule has 0 saturated heterocycles. The van der Waals surface area contributed by atoms with E-state index < -0.39 is 12.1 Å². The number of hydrogen-bond acceptors (Lipinski definition) is 6. The Bertz CT molecular complexity index is 1030. The molecule has 302 valence electrons. The lowest BCUT2D eigenvalue weighted by Crippen LogP contribution is -2.30. The van der Waals surface area contributed by atoms with Crippen molar-refractivity contribution in [2.45, 2.75) is 194 Å². The Kier molecular flexibility index (Phi) is 39.1. The summed E-state index contributed by atoms with van der Waals surface area (Å²) < 4.78 is 16.3. The van der Waals surface area contributed by atoms with Crippen LogP contribution < -0.4 is 0 Å². The number of ether oxygens (including phenoxy) is 3. The average Bonchev–Trinajstić information content (AvgIpc) is 3.15. The van der Waals surface area contributed by atoms with Crippen LogP contribution in [0, 0.1) is 0 Å². The molecule has 53 heavy (non-hydrogen) atoms. The first kappa shape index (κ1) is 49.9. The topological polar surface area (TPSA) is 78.9 Å². The Morgan fingerprint density at radius 3 is 1.34 bits per heavy atom. The van der Waals surface area contributed by atoms with E-state index >= 15 is 0 Å². The first-order valence-electron chi connectivity index (χ1n) is 21.4. The minimum atomic E-state index is -0.826. The maximum absolute atomic E-state index is 12.4. The highest BCUT2D eigenvalue weighted by Crippen LogP contribution is 2.11. The molecule has 0 fully saturated rings. The molecule has 6 nitrogen and oxygen atoms in total. The van der Waals surface area contributed by atoms with Crippen LogP contribution >= 0.6 is 0 Å². The zero-order chi connectivity index (χ0) is 38.7. The van der Waals surface area contributed by atoms with Gasteiger partial charge in [-0.05, 0) is 83.5 Å². The van der Waals surface area contributed by atoms with Crippen LogP contribution in [0.1, 0.15) is 188 Å². The molecule has 0 aromatic carbocycles. The van der Waals surface area contributed by atoms with E-state index in [1.807, 2.05) is 13.0 Å². The van der Waals surface area contributed by atoms with Gasteiger partial charge < -0.3 is 14.2 Å². The standard InChI is InChI=1S/C47H78O6/c1-4-7-10-12-14-16-18-20-22-23-25-27-29-31-33-35-38-40-46(49)52-43-44(53-47(50)41-36-9-6-3)42-51-45(48)39-37-34-32-30-28-26-24-21-19-17-15-13-11-8-5-2/h9,14,16,20-22,24-25,27,31,33,36,44H,4-8,10-13,15,17-19,23,26,28-30,32,34-35,37-43H2,1-3H3/b16-14-,22-20-,24-21-,27-25-,33-31-,36-9-. The Morgan fingerprint density at radius 2 is 0.811 bits per heavy atom. The first-order chi connectivity index (χ1) is 26.0. The van der Waals surface area contributed by atoms with Crippen molar-refractivity contribution in [1.29, 1.82) is 0 Å². The maximum Gasteiger partial charge on any atom is 0.310 e. The molecule has 1 unspecified atom stereocenters. The lowest BCUT2D eigenvalue weighted by molar-refractivity contribution is -0.166. The molecule has 0 aliphatic rings. The normalized spacial score (nSPS) is 12.7. The van der Waals surface area contributed by atoms with Gasteiger partial charge in [0.05, 0.1) is 6.42 Å². The van der Waals surface area contributed by atoms with Gasteiger partial charge in [0.25, 0.3) is 0 Å². The predicted molar refractivity (Wildman–Crippen MR) is 224 cm³/mol. The highest BCUT2D eigenvalue weighted by atomic mass is 16.6. The molecule has 0 aromatic heterocycles. The van der Waals surface area contributed by atoms with Crippen LogP contribution in [0.2, 0.25) is 0 Å². The fourth-order valence-corrected chi connectivity index (χ4v) is 5.48. The second-order valence-electron chi connectivity index (χ2n) is 13.9. The summed E-state index contributed by atoms with van der Waals surface area (Å²) in [5.41, 5.74) is 0. The van der Waals surface area contributed by atoms with Gasteiger partial charge in [0.15, 0.2) is 6.10 Å². The first-order valence-corrected chi connectivity index (χ1v) is 21.4. The summed E-state index contributed by atoms with van der Waals surface area (Å²) in [6.45, 7) is 6.22. The van der Waals surface area contributed by atoms with Crippen LogP contribution in [0.25, 0.3) is 0 Å². The van der Waals surface area contributed by atoms with Gasteiger partial charge in [-0.25, -0.2) is 0 Å². The number of unbranched alkanes of at least 4 members (excludes halogenated alkanes) is 15. The molecule has 6 heteroatoms. The summed E-state index contributed by atoms with van der Waals surface area (Å²) in [7, 11) is 0. The van der Waals surface area contributed by atoms with Crippen molar-refractivity contribution in [2.24, 2.45) is 0 Å². The molecule has 1 atom stereocenters. The number of rotatable bonds is 37. The summed E-state index contributed by atoms with van der Waals surface area (Å²) >= 11 is 0. The number of hydrogen-bond donors (Lipinski definition) is 0. The van der Waals surface area contributed by atoms with Crippen LogP contribution in [0.15, 0.2) is 72.9 Å². The summed E-state index contributed by atoms with van der Waals surface area (Å²) in [5, 5.41) is 0.